The standard InChI is InChI=1S/C12H19N5O2/c1-4-13-9(8-18-3)7-10-15-11(16-19-10)12-14-5-6-17(12)2/h5-6,9,13H,4,7-8H2,1-3H3. The molecule has 2 aromatic rings. The van der Waals surface area contributed by atoms with Crippen LogP contribution in [-0.2, 0) is 18.2 Å². The Bertz CT molecular complexity index is 502. The number of likely N-dealkylation sites (N-methyl/N-ethyl adjacent to an activating group) is 1. The molecule has 2 aromatic heterocycles. The van der Waals surface area contributed by atoms with Crippen LogP contribution in [0.2, 0.25) is 0 Å². The normalized spacial score (nSPS) is 12.8. The van der Waals surface area contributed by atoms with E-state index in [9.17, 15) is 0 Å². The van der Waals surface area contributed by atoms with Gasteiger partial charge < -0.3 is 19.1 Å². The van der Waals surface area contributed by atoms with Crippen LogP contribution in [0.3, 0.4) is 0 Å². The van der Waals surface area contributed by atoms with Gasteiger partial charge in [0.2, 0.25) is 11.7 Å². The van der Waals surface area contributed by atoms with E-state index in [1.165, 1.54) is 0 Å². The first-order valence-corrected chi connectivity index (χ1v) is 6.27. The lowest BCUT2D eigenvalue weighted by Crippen LogP contribution is -2.35. The molecule has 2 rings (SSSR count). The Hall–Kier alpha value is -1.73. The molecule has 2 heterocycles. The van der Waals surface area contributed by atoms with Crippen molar-refractivity contribution >= 4 is 0 Å². The van der Waals surface area contributed by atoms with Gasteiger partial charge in [0.15, 0.2) is 5.82 Å². The van der Waals surface area contributed by atoms with Crippen LogP contribution in [0.25, 0.3) is 11.6 Å². The van der Waals surface area contributed by atoms with Gasteiger partial charge >= 0.3 is 0 Å². The van der Waals surface area contributed by atoms with Crippen molar-refractivity contribution in [3.63, 3.8) is 0 Å². The maximum absolute atomic E-state index is 5.26. The van der Waals surface area contributed by atoms with Crippen LogP contribution >= 0.6 is 0 Å². The van der Waals surface area contributed by atoms with Crippen molar-refractivity contribution in [3.05, 3.63) is 18.3 Å². The highest BCUT2D eigenvalue weighted by Gasteiger charge is 2.16. The number of hydrogen-bond acceptors (Lipinski definition) is 6. The van der Waals surface area contributed by atoms with Gasteiger partial charge in [-0.15, -0.1) is 0 Å². The number of hydrogen-bond donors (Lipinski definition) is 1. The molecule has 0 spiro atoms. The van der Waals surface area contributed by atoms with E-state index in [0.717, 1.165) is 6.54 Å². The van der Waals surface area contributed by atoms with Gasteiger partial charge in [-0.05, 0) is 6.54 Å². The number of ether oxygens (including phenoxy) is 1. The summed E-state index contributed by atoms with van der Waals surface area (Å²) in [6.45, 7) is 3.53. The minimum Gasteiger partial charge on any atom is -0.383 e. The first kappa shape index (κ1) is 13.7. The Morgan fingerprint density at radius 2 is 2.37 bits per heavy atom. The van der Waals surface area contributed by atoms with E-state index in [1.807, 2.05) is 17.8 Å². The summed E-state index contributed by atoms with van der Waals surface area (Å²) < 4.78 is 12.3. The fraction of sp³-hybridized carbons (Fsp3) is 0.583. The molecule has 0 aliphatic carbocycles. The number of nitrogens with one attached hydrogen (secondary N) is 1. The third-order valence-corrected chi connectivity index (χ3v) is 2.77. The van der Waals surface area contributed by atoms with Crippen LogP contribution in [0.15, 0.2) is 16.9 Å². The number of imidazole rings is 1. The smallest absolute Gasteiger partial charge is 0.238 e. The molecule has 0 aromatic carbocycles. The Balaban J connectivity index is 2.06. The quantitative estimate of drug-likeness (QED) is 0.791. The zero-order valence-electron chi connectivity index (χ0n) is 11.5. The van der Waals surface area contributed by atoms with Gasteiger partial charge in [-0.25, -0.2) is 4.98 Å². The Morgan fingerprint density at radius 3 is 3.00 bits per heavy atom. The van der Waals surface area contributed by atoms with E-state index in [0.29, 0.717) is 30.6 Å². The summed E-state index contributed by atoms with van der Waals surface area (Å²) in [4.78, 5) is 8.55. The molecular formula is C12H19N5O2. The molecule has 0 saturated heterocycles. The average molecular weight is 265 g/mol. The number of aromatic nitrogens is 4. The molecule has 0 amide bonds. The van der Waals surface area contributed by atoms with Crippen LogP contribution in [0, 0.1) is 0 Å². The highest BCUT2D eigenvalue weighted by Crippen LogP contribution is 2.13. The second kappa shape index (κ2) is 6.44. The first-order valence-electron chi connectivity index (χ1n) is 6.27. The van der Waals surface area contributed by atoms with Crippen LogP contribution < -0.4 is 5.32 Å². The molecule has 0 saturated carbocycles. The monoisotopic (exact) mass is 265 g/mol. The lowest BCUT2D eigenvalue weighted by atomic mass is 10.2. The van der Waals surface area contributed by atoms with Crippen molar-refractivity contribution in [2.75, 3.05) is 20.3 Å². The maximum Gasteiger partial charge on any atom is 0.238 e. The van der Waals surface area contributed by atoms with E-state index in [2.05, 4.69) is 27.4 Å². The summed E-state index contributed by atoms with van der Waals surface area (Å²) >= 11 is 0. The fourth-order valence-electron chi connectivity index (χ4n) is 1.90. The molecule has 0 bridgehead atoms. The zero-order valence-corrected chi connectivity index (χ0v) is 11.5. The predicted molar refractivity (Wildman–Crippen MR) is 69.5 cm³/mol. The second-order valence-corrected chi connectivity index (χ2v) is 4.29. The van der Waals surface area contributed by atoms with Crippen LogP contribution in [0.1, 0.15) is 12.8 Å². The summed E-state index contributed by atoms with van der Waals surface area (Å²) in [6.07, 6.45) is 4.19. The van der Waals surface area contributed by atoms with Gasteiger partial charge in [0, 0.05) is 39.0 Å². The molecule has 7 nitrogen and oxygen atoms in total. The molecule has 1 N–H and O–H groups in total. The molecule has 19 heavy (non-hydrogen) atoms. The molecule has 0 aliphatic rings. The van der Waals surface area contributed by atoms with Crippen molar-refractivity contribution < 1.29 is 9.26 Å². The minimum absolute atomic E-state index is 0.171. The van der Waals surface area contributed by atoms with Gasteiger partial charge in [0.1, 0.15) is 0 Å². The highest BCUT2D eigenvalue weighted by atomic mass is 16.5. The van der Waals surface area contributed by atoms with Crippen molar-refractivity contribution in [1.29, 1.82) is 0 Å². The molecule has 1 atom stereocenters. The number of rotatable bonds is 7. The molecule has 7 heteroatoms. The van der Waals surface area contributed by atoms with Gasteiger partial charge in [0.05, 0.1) is 6.61 Å². The average Bonchev–Trinajstić information content (AvgIpc) is 2.98. The summed E-state index contributed by atoms with van der Waals surface area (Å²) in [5.74, 6) is 1.79. The lowest BCUT2D eigenvalue weighted by molar-refractivity contribution is 0.162. The molecule has 0 aliphatic heterocycles. The first-order chi connectivity index (χ1) is 9.24. The Morgan fingerprint density at radius 1 is 1.53 bits per heavy atom. The third-order valence-electron chi connectivity index (χ3n) is 2.77. The SMILES string of the molecule is CCNC(COC)Cc1nc(-c2nccn2C)no1. The lowest BCUT2D eigenvalue weighted by Gasteiger charge is -2.14. The van der Waals surface area contributed by atoms with Crippen LogP contribution in [-0.4, -0.2) is 46.0 Å². The number of aryl methyl sites for hydroxylation is 1. The molecule has 0 radical (unpaired) electrons. The van der Waals surface area contributed by atoms with Gasteiger partial charge in [0.25, 0.3) is 0 Å². The molecule has 104 valence electrons. The largest absolute Gasteiger partial charge is 0.383 e. The van der Waals surface area contributed by atoms with Gasteiger partial charge in [-0.1, -0.05) is 12.1 Å². The number of methoxy groups -OCH3 is 1. The van der Waals surface area contributed by atoms with Crippen molar-refractivity contribution in [1.82, 2.24) is 25.0 Å². The predicted octanol–water partition coefficient (Wildman–Crippen LogP) is 0.637. The van der Waals surface area contributed by atoms with E-state index < -0.39 is 0 Å². The van der Waals surface area contributed by atoms with Crippen molar-refractivity contribution in [3.8, 4) is 11.6 Å². The van der Waals surface area contributed by atoms with Crippen molar-refractivity contribution in [2.24, 2.45) is 7.05 Å². The minimum atomic E-state index is 0.171. The Kier molecular flexibility index (Phi) is 4.64. The van der Waals surface area contributed by atoms with Crippen LogP contribution in [0.4, 0.5) is 0 Å². The summed E-state index contributed by atoms with van der Waals surface area (Å²) in [5, 5.41) is 7.27. The number of nitrogens with zero attached hydrogens (tertiary/aromatic N) is 4. The topological polar surface area (TPSA) is 78.0 Å². The molecule has 0 fully saturated rings. The summed E-state index contributed by atoms with van der Waals surface area (Å²) in [5.41, 5.74) is 0. The summed E-state index contributed by atoms with van der Waals surface area (Å²) in [6, 6.07) is 0.171. The maximum atomic E-state index is 5.26. The van der Waals surface area contributed by atoms with Gasteiger partial charge in [-0.2, -0.15) is 4.98 Å². The van der Waals surface area contributed by atoms with Crippen LogP contribution in [0.5, 0.6) is 0 Å². The van der Waals surface area contributed by atoms with E-state index >= 15 is 0 Å². The Labute approximate surface area is 112 Å². The highest BCUT2D eigenvalue weighted by molar-refractivity contribution is 5.42. The second-order valence-electron chi connectivity index (χ2n) is 4.29. The van der Waals surface area contributed by atoms with E-state index in [1.54, 1.807) is 13.3 Å². The van der Waals surface area contributed by atoms with Gasteiger partial charge in [-0.3, -0.25) is 0 Å². The third kappa shape index (κ3) is 3.39. The molecule has 1 unspecified atom stereocenters. The van der Waals surface area contributed by atoms with Crippen molar-refractivity contribution in [2.45, 2.75) is 19.4 Å². The van der Waals surface area contributed by atoms with E-state index in [4.69, 9.17) is 9.26 Å². The summed E-state index contributed by atoms with van der Waals surface area (Å²) in [7, 11) is 3.57. The van der Waals surface area contributed by atoms with E-state index in [-0.39, 0.29) is 6.04 Å². The fourth-order valence-corrected chi connectivity index (χ4v) is 1.90. The zero-order chi connectivity index (χ0) is 13.7. The molecular weight excluding hydrogens is 246 g/mol.